The average Bonchev–Trinajstić information content (AvgIpc) is 3.09. The monoisotopic (exact) mass is 416 g/mol. The first-order valence-corrected chi connectivity index (χ1v) is 12.6. The summed E-state index contributed by atoms with van der Waals surface area (Å²) in [6.07, 6.45) is 13.7. The molecule has 4 saturated carbocycles. The zero-order valence-electron chi connectivity index (χ0n) is 20.0. The first-order valence-electron chi connectivity index (χ1n) is 12.6. The van der Waals surface area contributed by atoms with Gasteiger partial charge in [-0.05, 0) is 111 Å². The topological polar surface area (TPSA) is 46.5 Å². The molecule has 0 radical (unpaired) electrons. The Morgan fingerprint density at radius 2 is 1.87 bits per heavy atom. The Kier molecular flexibility index (Phi) is 6.16. The van der Waals surface area contributed by atoms with Crippen molar-refractivity contribution in [3.05, 3.63) is 11.6 Å². The number of carbonyl (C=O) groups is 1. The second-order valence-electron chi connectivity index (χ2n) is 11.8. The van der Waals surface area contributed by atoms with E-state index in [1.165, 1.54) is 45.6 Å². The molecule has 0 aromatic rings. The summed E-state index contributed by atoms with van der Waals surface area (Å²) in [5, 5.41) is 10.4. The largest absolute Gasteiger partial charge is 0.469 e. The predicted octanol–water partition coefficient (Wildman–Crippen LogP) is 6.15. The fourth-order valence-electron chi connectivity index (χ4n) is 9.08. The number of fused-ring (bicyclic) bond motifs is 5. The van der Waals surface area contributed by atoms with E-state index >= 15 is 0 Å². The van der Waals surface area contributed by atoms with Gasteiger partial charge < -0.3 is 9.84 Å². The maximum atomic E-state index is 11.7. The molecule has 3 heteroatoms. The van der Waals surface area contributed by atoms with Gasteiger partial charge in [0, 0.05) is 6.42 Å². The minimum atomic E-state index is -0.102. The molecular weight excluding hydrogens is 372 g/mol. The second kappa shape index (κ2) is 8.26. The van der Waals surface area contributed by atoms with Crippen LogP contribution in [0.25, 0.3) is 0 Å². The van der Waals surface area contributed by atoms with E-state index in [0.29, 0.717) is 29.1 Å². The van der Waals surface area contributed by atoms with Gasteiger partial charge in [0.05, 0.1) is 13.2 Å². The molecule has 4 fully saturated rings. The van der Waals surface area contributed by atoms with Crippen LogP contribution in [-0.2, 0) is 9.53 Å². The third-order valence-electron chi connectivity index (χ3n) is 10.7. The van der Waals surface area contributed by atoms with E-state index in [9.17, 15) is 9.90 Å². The van der Waals surface area contributed by atoms with Crippen molar-refractivity contribution in [2.45, 2.75) is 98.0 Å². The Bertz CT molecular complexity index is 684. The number of hydrogen-bond acceptors (Lipinski definition) is 3. The van der Waals surface area contributed by atoms with Crippen molar-refractivity contribution in [1.29, 1.82) is 0 Å². The first kappa shape index (κ1) is 22.4. The molecule has 1 N–H and O–H groups in total. The van der Waals surface area contributed by atoms with E-state index in [2.05, 4.69) is 33.8 Å². The van der Waals surface area contributed by atoms with Crippen LogP contribution >= 0.6 is 0 Å². The number of carbonyl (C=O) groups excluding carboxylic acids is 1. The number of methoxy groups -OCH3 is 1. The zero-order valence-corrected chi connectivity index (χ0v) is 20.0. The third-order valence-corrected chi connectivity index (χ3v) is 10.7. The van der Waals surface area contributed by atoms with Crippen molar-refractivity contribution in [2.24, 2.45) is 46.3 Å². The van der Waals surface area contributed by atoms with Crippen LogP contribution in [0.5, 0.6) is 0 Å². The van der Waals surface area contributed by atoms with E-state index in [1.807, 2.05) is 0 Å². The van der Waals surface area contributed by atoms with E-state index in [1.54, 1.807) is 5.57 Å². The Balaban J connectivity index is 1.55. The smallest absolute Gasteiger partial charge is 0.305 e. The van der Waals surface area contributed by atoms with Gasteiger partial charge in [-0.1, -0.05) is 32.4 Å². The van der Waals surface area contributed by atoms with Gasteiger partial charge in [-0.15, -0.1) is 0 Å². The lowest BCUT2D eigenvalue weighted by Gasteiger charge is -2.62. The summed E-state index contributed by atoms with van der Waals surface area (Å²) in [7, 11) is 1.50. The van der Waals surface area contributed by atoms with Gasteiger partial charge in [0.1, 0.15) is 0 Å². The third kappa shape index (κ3) is 3.48. The summed E-state index contributed by atoms with van der Waals surface area (Å²) in [5.41, 5.74) is 2.44. The number of aliphatic hydroxyl groups excluding tert-OH is 1. The molecule has 0 amide bonds. The molecule has 0 aromatic heterocycles. The maximum absolute atomic E-state index is 11.7. The predicted molar refractivity (Wildman–Crippen MR) is 121 cm³/mol. The molecule has 170 valence electrons. The first-order chi connectivity index (χ1) is 14.2. The fourth-order valence-corrected chi connectivity index (χ4v) is 9.08. The lowest BCUT2D eigenvalue weighted by molar-refractivity contribution is -0.141. The van der Waals surface area contributed by atoms with E-state index < -0.39 is 0 Å². The summed E-state index contributed by atoms with van der Waals surface area (Å²) < 4.78 is 4.90. The maximum Gasteiger partial charge on any atom is 0.305 e. The number of esters is 1. The zero-order chi connectivity index (χ0) is 21.7. The van der Waals surface area contributed by atoms with E-state index in [0.717, 1.165) is 42.9 Å². The van der Waals surface area contributed by atoms with Crippen LogP contribution < -0.4 is 0 Å². The summed E-state index contributed by atoms with van der Waals surface area (Å²) in [6, 6.07) is 0. The highest BCUT2D eigenvalue weighted by atomic mass is 16.5. The highest BCUT2D eigenvalue weighted by Crippen LogP contribution is 2.69. The normalized spacial score (nSPS) is 47.9. The lowest BCUT2D eigenvalue weighted by Crippen LogP contribution is -2.54. The minimum Gasteiger partial charge on any atom is -0.469 e. The van der Waals surface area contributed by atoms with Gasteiger partial charge in [-0.2, -0.15) is 0 Å². The van der Waals surface area contributed by atoms with Gasteiger partial charge in [-0.3, -0.25) is 4.79 Å². The molecule has 3 nitrogen and oxygen atoms in total. The molecule has 4 aliphatic carbocycles. The second-order valence-corrected chi connectivity index (χ2v) is 11.8. The average molecular weight is 417 g/mol. The van der Waals surface area contributed by atoms with Crippen molar-refractivity contribution in [3.8, 4) is 0 Å². The highest BCUT2D eigenvalue weighted by Gasteiger charge is 2.61. The van der Waals surface area contributed by atoms with Gasteiger partial charge in [-0.25, -0.2) is 0 Å². The van der Waals surface area contributed by atoms with Crippen LogP contribution in [0, 0.1) is 46.3 Å². The van der Waals surface area contributed by atoms with E-state index in [-0.39, 0.29) is 12.1 Å². The van der Waals surface area contributed by atoms with Gasteiger partial charge in [0.2, 0.25) is 0 Å². The molecule has 0 unspecified atom stereocenters. The Labute approximate surface area is 184 Å². The van der Waals surface area contributed by atoms with Crippen LogP contribution in [-0.4, -0.2) is 24.3 Å². The van der Waals surface area contributed by atoms with Crippen molar-refractivity contribution in [1.82, 2.24) is 0 Å². The summed E-state index contributed by atoms with van der Waals surface area (Å²) >= 11 is 0. The Hall–Kier alpha value is -0.830. The lowest BCUT2D eigenvalue weighted by atomic mass is 9.43. The molecule has 0 spiro atoms. The summed E-state index contributed by atoms with van der Waals surface area (Å²) in [5.74, 6) is 4.31. The molecule has 0 saturated heterocycles. The molecule has 4 aliphatic rings. The summed E-state index contributed by atoms with van der Waals surface area (Å²) in [4.78, 5) is 11.7. The fraction of sp³-hybridized carbons (Fsp3) is 0.889. The Morgan fingerprint density at radius 1 is 1.17 bits per heavy atom. The standard InChI is InChI=1S/C27H44O3/c1-6-18-15-20-22-9-8-21(17(2)7-10-25(29)30-5)26(22,3)14-12-23(20)27(4)13-11-19(28)16-24(18)27/h6,17,19-24,28H,7-16H2,1-5H3/b18-6+/t17-,19-,20+,21-,22+,23+,24+,26-,27-/m1/s1. The number of aliphatic hydroxyl groups is 1. The molecule has 0 heterocycles. The van der Waals surface area contributed by atoms with Gasteiger partial charge in [0.25, 0.3) is 0 Å². The molecule has 4 rings (SSSR count). The van der Waals surface area contributed by atoms with Crippen molar-refractivity contribution in [2.75, 3.05) is 7.11 Å². The van der Waals surface area contributed by atoms with Crippen LogP contribution in [0.3, 0.4) is 0 Å². The number of rotatable bonds is 4. The molecule has 0 aliphatic heterocycles. The number of hydrogen-bond donors (Lipinski definition) is 1. The SMILES string of the molecule is C/C=C1\C[C@@H]2[C@H](CC[C@]3(C)[C@@H]([C@H](C)CCC(=O)OC)CC[C@@H]23)[C@@]2(C)CC[C@@H](O)C[C@@H]12. The van der Waals surface area contributed by atoms with Crippen LogP contribution in [0.1, 0.15) is 91.9 Å². The molecule has 0 bridgehead atoms. The highest BCUT2D eigenvalue weighted by molar-refractivity contribution is 5.69. The van der Waals surface area contributed by atoms with Crippen molar-refractivity contribution < 1.29 is 14.6 Å². The van der Waals surface area contributed by atoms with Crippen molar-refractivity contribution in [3.63, 3.8) is 0 Å². The molecule has 30 heavy (non-hydrogen) atoms. The quantitative estimate of drug-likeness (QED) is 0.441. The Morgan fingerprint density at radius 3 is 2.57 bits per heavy atom. The number of ether oxygens (including phenoxy) is 1. The van der Waals surface area contributed by atoms with Crippen molar-refractivity contribution >= 4 is 5.97 Å². The molecule has 0 aromatic carbocycles. The van der Waals surface area contributed by atoms with Crippen LogP contribution in [0.15, 0.2) is 11.6 Å². The van der Waals surface area contributed by atoms with Crippen LogP contribution in [0.4, 0.5) is 0 Å². The van der Waals surface area contributed by atoms with Gasteiger partial charge >= 0.3 is 5.97 Å². The summed E-state index contributed by atoms with van der Waals surface area (Å²) in [6.45, 7) is 9.77. The molecular formula is C27H44O3. The number of allylic oxidation sites excluding steroid dienone is 2. The van der Waals surface area contributed by atoms with E-state index in [4.69, 9.17) is 4.74 Å². The van der Waals surface area contributed by atoms with Gasteiger partial charge in [0.15, 0.2) is 0 Å². The minimum absolute atomic E-state index is 0.0614. The van der Waals surface area contributed by atoms with Crippen LogP contribution in [0.2, 0.25) is 0 Å². The molecule has 9 atom stereocenters.